The fraction of sp³-hybridized carbons (Fsp3) is 0.333. The molecule has 148 valence electrons. The number of rotatable bonds is 6. The van der Waals surface area contributed by atoms with Crippen molar-refractivity contribution < 1.29 is 19.4 Å². The van der Waals surface area contributed by atoms with Crippen molar-refractivity contribution in [3.05, 3.63) is 70.2 Å². The Morgan fingerprint density at radius 3 is 2.54 bits per heavy atom. The zero-order chi connectivity index (χ0) is 20.1. The number of carbonyl (C=O) groups is 2. The topological polar surface area (TPSA) is 78.9 Å². The summed E-state index contributed by atoms with van der Waals surface area (Å²) in [5.41, 5.74) is 3.10. The molecule has 2 atom stereocenters. The Bertz CT molecular complexity index is 841. The van der Waals surface area contributed by atoms with Crippen LogP contribution in [-0.4, -0.2) is 47.8 Å². The number of amides is 1. The number of esters is 1. The van der Waals surface area contributed by atoms with Crippen LogP contribution in [0.3, 0.4) is 0 Å². The molecule has 0 aromatic heterocycles. The fourth-order valence-corrected chi connectivity index (χ4v) is 3.64. The lowest BCUT2D eigenvalue weighted by atomic mass is 9.94. The molecule has 0 aliphatic carbocycles. The Hall–Kier alpha value is -2.57. The number of ether oxygens (including phenoxy) is 1. The number of fused-ring (bicyclic) bond motifs is 1. The normalized spacial score (nSPS) is 16.9. The summed E-state index contributed by atoms with van der Waals surface area (Å²) in [5.74, 6) is -0.381. The molecular weight excluding hydrogens is 380 g/mol. The van der Waals surface area contributed by atoms with Gasteiger partial charge in [0.1, 0.15) is 6.04 Å². The van der Waals surface area contributed by atoms with Gasteiger partial charge in [-0.1, -0.05) is 48.0 Å². The Balaban J connectivity index is 1.71. The van der Waals surface area contributed by atoms with Gasteiger partial charge in [0.15, 0.2) is 0 Å². The summed E-state index contributed by atoms with van der Waals surface area (Å²) in [7, 11) is 1.35. The summed E-state index contributed by atoms with van der Waals surface area (Å²) in [5, 5.41) is 13.4. The molecule has 0 saturated heterocycles. The van der Waals surface area contributed by atoms with Gasteiger partial charge in [-0.15, -0.1) is 0 Å². The van der Waals surface area contributed by atoms with E-state index in [0.29, 0.717) is 31.0 Å². The Morgan fingerprint density at radius 1 is 1.21 bits per heavy atom. The van der Waals surface area contributed by atoms with Crippen LogP contribution in [0.2, 0.25) is 5.02 Å². The summed E-state index contributed by atoms with van der Waals surface area (Å²) in [4.78, 5) is 25.4. The zero-order valence-electron chi connectivity index (χ0n) is 15.6. The highest BCUT2D eigenvalue weighted by Gasteiger charge is 2.30. The molecule has 2 aromatic carbocycles. The van der Waals surface area contributed by atoms with Gasteiger partial charge in [-0.25, -0.2) is 4.79 Å². The van der Waals surface area contributed by atoms with Gasteiger partial charge in [-0.3, -0.25) is 9.69 Å². The van der Waals surface area contributed by atoms with Crippen LogP contribution in [0.15, 0.2) is 48.5 Å². The number of hydrogen-bond donors (Lipinski definition) is 2. The minimum Gasteiger partial charge on any atom is -0.468 e. The highest BCUT2D eigenvalue weighted by atomic mass is 35.5. The molecule has 2 aromatic rings. The number of methoxy groups -OCH3 is 1. The van der Waals surface area contributed by atoms with E-state index in [1.54, 1.807) is 12.1 Å². The second kappa shape index (κ2) is 9.08. The van der Waals surface area contributed by atoms with Crippen molar-refractivity contribution in [3.8, 4) is 0 Å². The maximum absolute atomic E-state index is 12.2. The third-order valence-corrected chi connectivity index (χ3v) is 5.29. The highest BCUT2D eigenvalue weighted by molar-refractivity contribution is 6.30. The Morgan fingerprint density at radius 2 is 1.89 bits per heavy atom. The zero-order valence-corrected chi connectivity index (χ0v) is 16.4. The second-order valence-corrected chi connectivity index (χ2v) is 7.29. The van der Waals surface area contributed by atoms with E-state index < -0.39 is 12.1 Å². The van der Waals surface area contributed by atoms with Crippen LogP contribution in [0, 0.1) is 0 Å². The van der Waals surface area contributed by atoms with E-state index in [2.05, 4.69) is 5.32 Å². The average molecular weight is 403 g/mol. The number of benzene rings is 2. The van der Waals surface area contributed by atoms with Gasteiger partial charge in [-0.05, 0) is 41.7 Å². The SMILES string of the molecule is COC(=O)[C@@H](Cc1ccc(Cl)cc1)NC[C@H]1Cc2ccccc2CN1C(=O)O. The van der Waals surface area contributed by atoms with Crippen molar-refractivity contribution in [2.24, 2.45) is 0 Å². The molecule has 1 aliphatic rings. The predicted octanol–water partition coefficient (Wildman–Crippen LogP) is 3.12. The lowest BCUT2D eigenvalue weighted by molar-refractivity contribution is -0.143. The molecule has 0 saturated carbocycles. The molecule has 6 nitrogen and oxygen atoms in total. The van der Waals surface area contributed by atoms with Crippen molar-refractivity contribution in [2.75, 3.05) is 13.7 Å². The van der Waals surface area contributed by atoms with Gasteiger partial charge in [0.25, 0.3) is 0 Å². The summed E-state index contributed by atoms with van der Waals surface area (Å²) >= 11 is 5.92. The minimum absolute atomic E-state index is 0.259. The van der Waals surface area contributed by atoms with Gasteiger partial charge < -0.3 is 15.2 Å². The first-order chi connectivity index (χ1) is 13.5. The van der Waals surface area contributed by atoms with E-state index in [1.807, 2.05) is 36.4 Å². The number of nitrogens with zero attached hydrogens (tertiary/aromatic N) is 1. The van der Waals surface area contributed by atoms with Gasteiger partial charge >= 0.3 is 12.1 Å². The summed E-state index contributed by atoms with van der Waals surface area (Å²) in [6.45, 7) is 0.700. The molecule has 28 heavy (non-hydrogen) atoms. The van der Waals surface area contributed by atoms with Crippen LogP contribution in [-0.2, 0) is 28.9 Å². The smallest absolute Gasteiger partial charge is 0.407 e. The number of carboxylic acid groups (broad SMARTS) is 1. The second-order valence-electron chi connectivity index (χ2n) is 6.85. The Labute approximate surface area is 169 Å². The first-order valence-corrected chi connectivity index (χ1v) is 9.47. The molecular formula is C21H23ClN2O4. The Kier molecular flexibility index (Phi) is 6.54. The largest absolute Gasteiger partial charge is 0.468 e. The van der Waals surface area contributed by atoms with Crippen molar-refractivity contribution in [1.82, 2.24) is 10.2 Å². The van der Waals surface area contributed by atoms with Gasteiger partial charge in [0.2, 0.25) is 0 Å². The molecule has 1 amide bonds. The van der Waals surface area contributed by atoms with Crippen LogP contribution in [0.4, 0.5) is 4.79 Å². The maximum atomic E-state index is 12.2. The summed E-state index contributed by atoms with van der Waals surface area (Å²) < 4.78 is 4.92. The van der Waals surface area contributed by atoms with Crippen LogP contribution in [0.25, 0.3) is 0 Å². The average Bonchev–Trinajstić information content (AvgIpc) is 2.71. The molecule has 7 heteroatoms. The monoisotopic (exact) mass is 402 g/mol. The molecule has 2 N–H and O–H groups in total. The van der Waals surface area contributed by atoms with Crippen LogP contribution >= 0.6 is 11.6 Å². The van der Waals surface area contributed by atoms with Crippen LogP contribution in [0.1, 0.15) is 16.7 Å². The van der Waals surface area contributed by atoms with E-state index in [9.17, 15) is 14.7 Å². The lowest BCUT2D eigenvalue weighted by Crippen LogP contribution is -2.52. The van der Waals surface area contributed by atoms with E-state index in [-0.39, 0.29) is 12.0 Å². The quantitative estimate of drug-likeness (QED) is 0.726. The minimum atomic E-state index is -0.964. The van der Waals surface area contributed by atoms with E-state index >= 15 is 0 Å². The number of halogens is 1. The maximum Gasteiger partial charge on any atom is 0.407 e. The molecule has 0 spiro atoms. The van der Waals surface area contributed by atoms with Gasteiger partial charge in [-0.2, -0.15) is 0 Å². The molecule has 0 unspecified atom stereocenters. The van der Waals surface area contributed by atoms with Crippen LogP contribution in [0.5, 0.6) is 0 Å². The predicted molar refractivity (Wildman–Crippen MR) is 106 cm³/mol. The molecule has 3 rings (SSSR count). The lowest BCUT2D eigenvalue weighted by Gasteiger charge is -2.35. The third-order valence-electron chi connectivity index (χ3n) is 5.04. The van der Waals surface area contributed by atoms with Crippen molar-refractivity contribution in [1.29, 1.82) is 0 Å². The number of nitrogens with one attached hydrogen (secondary N) is 1. The van der Waals surface area contributed by atoms with Crippen molar-refractivity contribution >= 4 is 23.7 Å². The molecule has 0 bridgehead atoms. The van der Waals surface area contributed by atoms with Crippen molar-refractivity contribution in [3.63, 3.8) is 0 Å². The van der Waals surface area contributed by atoms with E-state index in [4.69, 9.17) is 16.3 Å². The number of hydrogen-bond acceptors (Lipinski definition) is 4. The molecule has 0 fully saturated rings. The highest BCUT2D eigenvalue weighted by Crippen LogP contribution is 2.23. The van der Waals surface area contributed by atoms with Gasteiger partial charge in [0.05, 0.1) is 13.2 Å². The molecule has 0 radical (unpaired) electrons. The van der Waals surface area contributed by atoms with E-state index in [1.165, 1.54) is 12.0 Å². The molecule has 1 aliphatic heterocycles. The summed E-state index contributed by atoms with van der Waals surface area (Å²) in [6.07, 6.45) is 0.0680. The van der Waals surface area contributed by atoms with Gasteiger partial charge in [0, 0.05) is 18.1 Å². The summed E-state index contributed by atoms with van der Waals surface area (Å²) in [6, 6.07) is 14.3. The third kappa shape index (κ3) is 4.82. The van der Waals surface area contributed by atoms with Crippen LogP contribution < -0.4 is 5.32 Å². The number of carbonyl (C=O) groups excluding carboxylic acids is 1. The van der Waals surface area contributed by atoms with Crippen molar-refractivity contribution in [2.45, 2.75) is 31.5 Å². The fourth-order valence-electron chi connectivity index (χ4n) is 3.51. The molecule has 1 heterocycles. The standard InChI is InChI=1S/C21H23ClN2O4/c1-28-20(25)19(10-14-6-8-17(22)9-7-14)23-12-18-11-15-4-2-3-5-16(15)13-24(18)21(26)27/h2-9,18-19,23H,10-13H2,1H3,(H,26,27)/t18-,19-/m1/s1. The first-order valence-electron chi connectivity index (χ1n) is 9.10. The van der Waals surface area contributed by atoms with E-state index in [0.717, 1.165) is 16.7 Å². The first kappa shape index (κ1) is 20.2.